The number of benzene rings is 2. The van der Waals surface area contributed by atoms with E-state index < -0.39 is 5.97 Å². The van der Waals surface area contributed by atoms with E-state index in [0.717, 1.165) is 40.1 Å². The molecule has 1 aromatic heterocycles. The van der Waals surface area contributed by atoms with E-state index in [-0.39, 0.29) is 23.3 Å². The van der Waals surface area contributed by atoms with Crippen LogP contribution in [0.25, 0.3) is 10.9 Å². The van der Waals surface area contributed by atoms with Crippen LogP contribution < -0.4 is 10.1 Å². The standard InChI is InChI=1S/C26H28N2O4/c1-14(19-7-5-17(26(30)31)11-24(19)32-2)22-13-27-23-8-6-18(12-21(22)23)28-25(29)20-10-15-3-4-16(20)9-15/h5-8,11-16,20,27H,3-4,9-10H2,1-2H3,(H,28,29)(H,30,31). The van der Waals surface area contributed by atoms with Crippen molar-refractivity contribution < 1.29 is 19.4 Å². The van der Waals surface area contributed by atoms with Gasteiger partial charge in [0.25, 0.3) is 0 Å². The normalized spacial score (nSPS) is 22.8. The van der Waals surface area contributed by atoms with Crippen LogP contribution in [-0.2, 0) is 4.79 Å². The van der Waals surface area contributed by atoms with Crippen molar-refractivity contribution in [3.05, 3.63) is 59.3 Å². The molecule has 2 bridgehead atoms. The third-order valence-corrected chi connectivity index (χ3v) is 7.47. The van der Waals surface area contributed by atoms with Crippen LogP contribution >= 0.6 is 0 Å². The van der Waals surface area contributed by atoms with Crippen LogP contribution in [-0.4, -0.2) is 29.1 Å². The molecular formula is C26H28N2O4. The van der Waals surface area contributed by atoms with Crippen LogP contribution in [0.2, 0.25) is 0 Å². The lowest BCUT2D eigenvalue weighted by Crippen LogP contribution is -2.27. The molecule has 3 aromatic rings. The molecule has 2 aliphatic carbocycles. The molecule has 1 heterocycles. The molecule has 6 heteroatoms. The first-order valence-electron chi connectivity index (χ1n) is 11.3. The lowest BCUT2D eigenvalue weighted by atomic mass is 9.88. The van der Waals surface area contributed by atoms with Crippen molar-refractivity contribution in [2.24, 2.45) is 17.8 Å². The highest BCUT2D eigenvalue weighted by atomic mass is 16.5. The van der Waals surface area contributed by atoms with Gasteiger partial charge in [-0.3, -0.25) is 4.79 Å². The molecule has 2 fully saturated rings. The first kappa shape index (κ1) is 20.6. The van der Waals surface area contributed by atoms with Crippen molar-refractivity contribution in [2.75, 3.05) is 12.4 Å². The van der Waals surface area contributed by atoms with E-state index in [1.807, 2.05) is 30.5 Å². The summed E-state index contributed by atoms with van der Waals surface area (Å²) in [5.74, 6) is 1.11. The number of H-pyrrole nitrogens is 1. The number of amides is 1. The van der Waals surface area contributed by atoms with Crippen LogP contribution in [0.4, 0.5) is 5.69 Å². The van der Waals surface area contributed by atoms with Crippen molar-refractivity contribution in [1.29, 1.82) is 0 Å². The first-order valence-corrected chi connectivity index (χ1v) is 11.3. The zero-order chi connectivity index (χ0) is 22.4. The summed E-state index contributed by atoms with van der Waals surface area (Å²) in [7, 11) is 1.55. The lowest BCUT2D eigenvalue weighted by molar-refractivity contribution is -0.121. The first-order chi connectivity index (χ1) is 15.4. The van der Waals surface area contributed by atoms with Gasteiger partial charge < -0.3 is 20.1 Å². The number of methoxy groups -OCH3 is 1. The highest BCUT2D eigenvalue weighted by molar-refractivity contribution is 5.96. The SMILES string of the molecule is COc1cc(C(=O)O)ccc1C(C)c1c[nH]c2ccc(NC(=O)C3CC4CCC3C4)cc12. The molecule has 3 N–H and O–H groups in total. The van der Waals surface area contributed by atoms with Gasteiger partial charge in [-0.2, -0.15) is 0 Å². The maximum absolute atomic E-state index is 12.9. The molecule has 2 aromatic carbocycles. The van der Waals surface area contributed by atoms with Gasteiger partial charge in [0.15, 0.2) is 0 Å². The van der Waals surface area contributed by atoms with Gasteiger partial charge in [0.05, 0.1) is 12.7 Å². The number of fused-ring (bicyclic) bond motifs is 3. The predicted molar refractivity (Wildman–Crippen MR) is 123 cm³/mol. The van der Waals surface area contributed by atoms with E-state index in [4.69, 9.17) is 4.74 Å². The molecule has 0 spiro atoms. The second-order valence-electron chi connectivity index (χ2n) is 9.26. The molecular weight excluding hydrogens is 404 g/mol. The second-order valence-corrected chi connectivity index (χ2v) is 9.26. The van der Waals surface area contributed by atoms with Gasteiger partial charge in [0.2, 0.25) is 5.91 Å². The number of carboxylic acid groups (broad SMARTS) is 1. The summed E-state index contributed by atoms with van der Waals surface area (Å²) in [5.41, 5.74) is 3.98. The average Bonchev–Trinajstić information content (AvgIpc) is 3.53. The summed E-state index contributed by atoms with van der Waals surface area (Å²) in [6, 6.07) is 10.9. The van der Waals surface area contributed by atoms with Gasteiger partial charge in [0, 0.05) is 40.2 Å². The van der Waals surface area contributed by atoms with E-state index in [2.05, 4.69) is 17.2 Å². The van der Waals surface area contributed by atoms with Crippen LogP contribution in [0, 0.1) is 17.8 Å². The average molecular weight is 433 g/mol. The Hall–Kier alpha value is -3.28. The minimum Gasteiger partial charge on any atom is -0.496 e. The maximum atomic E-state index is 12.9. The van der Waals surface area contributed by atoms with Crippen molar-refractivity contribution in [3.63, 3.8) is 0 Å². The number of ether oxygens (including phenoxy) is 1. The fraction of sp³-hybridized carbons (Fsp3) is 0.385. The molecule has 166 valence electrons. The number of carbonyl (C=O) groups excluding carboxylic acids is 1. The number of aromatic nitrogens is 1. The third-order valence-electron chi connectivity index (χ3n) is 7.47. The Morgan fingerprint density at radius 1 is 1.12 bits per heavy atom. The number of hydrogen-bond acceptors (Lipinski definition) is 3. The Bertz CT molecular complexity index is 1200. The molecule has 0 aliphatic heterocycles. The Morgan fingerprint density at radius 3 is 2.66 bits per heavy atom. The molecule has 2 aliphatic rings. The van der Waals surface area contributed by atoms with Crippen LogP contribution in [0.15, 0.2) is 42.6 Å². The summed E-state index contributed by atoms with van der Waals surface area (Å²) < 4.78 is 5.49. The maximum Gasteiger partial charge on any atom is 0.335 e. The van der Waals surface area contributed by atoms with E-state index in [0.29, 0.717) is 11.7 Å². The Labute approximate surface area is 187 Å². The van der Waals surface area contributed by atoms with Crippen molar-refractivity contribution in [1.82, 2.24) is 4.98 Å². The van der Waals surface area contributed by atoms with Gasteiger partial charge in [-0.25, -0.2) is 4.79 Å². The van der Waals surface area contributed by atoms with Crippen molar-refractivity contribution in [2.45, 2.75) is 38.5 Å². The lowest BCUT2D eigenvalue weighted by Gasteiger charge is -2.21. The topological polar surface area (TPSA) is 91.4 Å². The molecule has 2 saturated carbocycles. The van der Waals surface area contributed by atoms with Crippen molar-refractivity contribution >= 4 is 28.5 Å². The largest absolute Gasteiger partial charge is 0.496 e. The summed E-state index contributed by atoms with van der Waals surface area (Å²) in [6.45, 7) is 2.07. The number of aromatic carboxylic acids is 1. The number of carboxylic acids is 1. The number of nitrogens with one attached hydrogen (secondary N) is 2. The van der Waals surface area contributed by atoms with Gasteiger partial charge >= 0.3 is 5.97 Å². The molecule has 4 unspecified atom stereocenters. The van der Waals surface area contributed by atoms with Crippen LogP contribution in [0.1, 0.15) is 60.0 Å². The Kier molecular flexibility index (Phi) is 5.16. The highest BCUT2D eigenvalue weighted by Gasteiger charge is 2.43. The molecule has 6 nitrogen and oxygen atoms in total. The third kappa shape index (κ3) is 3.53. The Balaban J connectivity index is 1.42. The fourth-order valence-corrected chi connectivity index (χ4v) is 5.75. The monoisotopic (exact) mass is 432 g/mol. The molecule has 5 rings (SSSR count). The summed E-state index contributed by atoms with van der Waals surface area (Å²) in [5, 5.41) is 13.5. The predicted octanol–water partition coefficient (Wildman–Crippen LogP) is 5.40. The molecule has 4 atom stereocenters. The van der Waals surface area contributed by atoms with E-state index in [9.17, 15) is 14.7 Å². The van der Waals surface area contributed by atoms with Gasteiger partial charge in [-0.1, -0.05) is 19.4 Å². The summed E-state index contributed by atoms with van der Waals surface area (Å²) in [6.07, 6.45) is 6.67. The van der Waals surface area contributed by atoms with E-state index >= 15 is 0 Å². The van der Waals surface area contributed by atoms with Crippen molar-refractivity contribution in [3.8, 4) is 5.75 Å². The van der Waals surface area contributed by atoms with Crippen LogP contribution in [0.3, 0.4) is 0 Å². The van der Waals surface area contributed by atoms with Gasteiger partial charge in [-0.05, 0) is 67.0 Å². The fourth-order valence-electron chi connectivity index (χ4n) is 5.75. The summed E-state index contributed by atoms with van der Waals surface area (Å²) >= 11 is 0. The number of carbonyl (C=O) groups is 2. The Morgan fingerprint density at radius 2 is 1.97 bits per heavy atom. The minimum atomic E-state index is -0.981. The number of anilines is 1. The van der Waals surface area contributed by atoms with E-state index in [1.165, 1.54) is 19.3 Å². The summed E-state index contributed by atoms with van der Waals surface area (Å²) in [4.78, 5) is 27.5. The molecule has 0 radical (unpaired) electrons. The molecule has 0 saturated heterocycles. The van der Waals surface area contributed by atoms with E-state index in [1.54, 1.807) is 19.2 Å². The van der Waals surface area contributed by atoms with Gasteiger partial charge in [0.1, 0.15) is 5.75 Å². The number of aromatic amines is 1. The van der Waals surface area contributed by atoms with Gasteiger partial charge in [-0.15, -0.1) is 0 Å². The van der Waals surface area contributed by atoms with Crippen LogP contribution in [0.5, 0.6) is 5.75 Å². The smallest absolute Gasteiger partial charge is 0.335 e. The quantitative estimate of drug-likeness (QED) is 0.486. The molecule has 32 heavy (non-hydrogen) atoms. The number of hydrogen-bond donors (Lipinski definition) is 3. The zero-order valence-corrected chi connectivity index (χ0v) is 18.4. The highest BCUT2D eigenvalue weighted by Crippen LogP contribution is 2.48. The second kappa shape index (κ2) is 8.01. The zero-order valence-electron chi connectivity index (χ0n) is 18.4. The molecule has 1 amide bonds. The number of rotatable bonds is 6. The minimum absolute atomic E-state index is 0.0296.